The third-order valence-corrected chi connectivity index (χ3v) is 5.66. The van der Waals surface area contributed by atoms with Gasteiger partial charge in [-0.25, -0.2) is 0 Å². The van der Waals surface area contributed by atoms with E-state index in [0.717, 1.165) is 34.9 Å². The molecule has 29 heavy (non-hydrogen) atoms. The van der Waals surface area contributed by atoms with Crippen molar-refractivity contribution in [2.45, 2.75) is 20.8 Å². The molecular formula is C23H28ClN3O2. The largest absolute Gasteiger partial charge is 1.00 e. The summed E-state index contributed by atoms with van der Waals surface area (Å²) in [6, 6.07) is 17.4. The molecule has 0 radical (unpaired) electrons. The second-order valence-corrected chi connectivity index (χ2v) is 6.80. The number of azo groups is 1. The molecule has 0 heterocycles. The smallest absolute Gasteiger partial charge is 0.146 e. The van der Waals surface area contributed by atoms with E-state index in [4.69, 9.17) is 4.74 Å². The second kappa shape index (κ2) is 9.72. The first-order valence-electron chi connectivity index (χ1n) is 9.75. The minimum atomic E-state index is 0. The van der Waals surface area contributed by atoms with E-state index in [-0.39, 0.29) is 18.2 Å². The lowest BCUT2D eigenvalue weighted by Crippen LogP contribution is -3.00. The second-order valence-electron chi connectivity index (χ2n) is 6.80. The van der Waals surface area contributed by atoms with Gasteiger partial charge >= 0.3 is 0 Å². The van der Waals surface area contributed by atoms with Gasteiger partial charge in [-0.2, -0.15) is 0 Å². The number of phenolic OH excluding ortho intramolecular Hbond substituents is 1. The summed E-state index contributed by atoms with van der Waals surface area (Å²) in [6.07, 6.45) is 0. The standard InChI is InChI=1S/C23H27N3O2.ClH/c1-5-26(6-2,7-3)18-14-12-17-13-15-21(27)23(19(17)16-18)25-24-20-10-8-9-11-22(20)28-4;/h8-16H,5-7H2,1-4H3;1H. The van der Waals surface area contributed by atoms with Gasteiger partial charge in [0.1, 0.15) is 28.6 Å². The van der Waals surface area contributed by atoms with E-state index >= 15 is 0 Å². The van der Waals surface area contributed by atoms with Crippen LogP contribution in [-0.2, 0) is 0 Å². The highest BCUT2D eigenvalue weighted by Crippen LogP contribution is 2.39. The van der Waals surface area contributed by atoms with Gasteiger partial charge in [0.05, 0.1) is 26.7 Å². The molecule has 3 rings (SSSR count). The average molecular weight is 414 g/mol. The lowest BCUT2D eigenvalue weighted by Gasteiger charge is -2.35. The molecule has 1 N–H and O–H groups in total. The van der Waals surface area contributed by atoms with E-state index in [9.17, 15) is 5.11 Å². The summed E-state index contributed by atoms with van der Waals surface area (Å²) in [5.41, 5.74) is 2.32. The Kier molecular flexibility index (Phi) is 7.59. The van der Waals surface area contributed by atoms with Crippen molar-refractivity contribution in [3.63, 3.8) is 0 Å². The third kappa shape index (κ3) is 4.36. The number of benzene rings is 3. The number of fused-ring (bicyclic) bond motifs is 1. The van der Waals surface area contributed by atoms with Gasteiger partial charge in [0, 0.05) is 11.5 Å². The molecule has 0 fully saturated rings. The van der Waals surface area contributed by atoms with E-state index < -0.39 is 0 Å². The number of para-hydroxylation sites is 1. The number of aromatic hydroxyl groups is 1. The van der Waals surface area contributed by atoms with E-state index in [1.54, 1.807) is 13.2 Å². The van der Waals surface area contributed by atoms with Crippen LogP contribution in [0, 0.1) is 0 Å². The fourth-order valence-corrected chi connectivity index (χ4v) is 3.72. The van der Waals surface area contributed by atoms with Crippen LogP contribution < -0.4 is 21.6 Å². The van der Waals surface area contributed by atoms with Gasteiger partial charge in [-0.05, 0) is 56.5 Å². The number of quaternary nitrogens is 1. The minimum Gasteiger partial charge on any atom is -1.00 e. The quantitative estimate of drug-likeness (QED) is 0.477. The Balaban J connectivity index is 0.00000300. The van der Waals surface area contributed by atoms with Crippen LogP contribution in [-0.4, -0.2) is 31.9 Å². The Morgan fingerprint density at radius 3 is 2.21 bits per heavy atom. The molecule has 0 aliphatic heterocycles. The summed E-state index contributed by atoms with van der Waals surface area (Å²) in [7, 11) is 1.60. The van der Waals surface area contributed by atoms with E-state index in [2.05, 4.69) is 49.2 Å². The first-order valence-corrected chi connectivity index (χ1v) is 9.75. The fourth-order valence-electron chi connectivity index (χ4n) is 3.72. The number of phenols is 1. The zero-order valence-electron chi connectivity index (χ0n) is 17.4. The van der Waals surface area contributed by atoms with Gasteiger partial charge in [0.2, 0.25) is 0 Å². The van der Waals surface area contributed by atoms with Crippen LogP contribution in [0.5, 0.6) is 11.5 Å². The Hall–Kier alpha value is -2.63. The molecule has 6 heteroatoms. The Bertz CT molecular complexity index is 992. The van der Waals surface area contributed by atoms with Crippen LogP contribution in [0.4, 0.5) is 17.1 Å². The summed E-state index contributed by atoms with van der Waals surface area (Å²) in [4.78, 5) is 0. The first-order chi connectivity index (χ1) is 13.6. The molecule has 0 saturated heterocycles. The maximum atomic E-state index is 10.5. The van der Waals surface area contributed by atoms with Crippen molar-refractivity contribution in [2.24, 2.45) is 10.2 Å². The molecule has 3 aromatic rings. The molecule has 0 unspecified atom stereocenters. The van der Waals surface area contributed by atoms with Crippen molar-refractivity contribution in [3.05, 3.63) is 54.6 Å². The summed E-state index contributed by atoms with van der Waals surface area (Å²) in [6.45, 7) is 9.66. The fraction of sp³-hybridized carbons (Fsp3) is 0.304. The lowest BCUT2D eigenvalue weighted by atomic mass is 10.1. The molecule has 0 aliphatic carbocycles. The Morgan fingerprint density at radius 1 is 0.897 bits per heavy atom. The molecule has 0 atom stereocenters. The van der Waals surface area contributed by atoms with E-state index in [1.165, 1.54) is 5.69 Å². The number of nitrogens with zero attached hydrogens (tertiary/aromatic N) is 3. The summed E-state index contributed by atoms with van der Waals surface area (Å²) in [5, 5.41) is 21.2. The summed E-state index contributed by atoms with van der Waals surface area (Å²) < 4.78 is 6.22. The Morgan fingerprint density at radius 2 is 1.55 bits per heavy atom. The molecule has 0 amide bonds. The van der Waals surface area contributed by atoms with Gasteiger partial charge in [0.15, 0.2) is 0 Å². The molecule has 0 aromatic heterocycles. The van der Waals surface area contributed by atoms with Gasteiger partial charge in [0.25, 0.3) is 0 Å². The number of hydrogen-bond donors (Lipinski definition) is 1. The molecule has 154 valence electrons. The molecule has 0 spiro atoms. The molecule has 0 aliphatic rings. The van der Waals surface area contributed by atoms with Gasteiger partial charge in [-0.3, -0.25) is 4.48 Å². The minimum absolute atomic E-state index is 0. The van der Waals surface area contributed by atoms with Crippen LogP contribution in [0.3, 0.4) is 0 Å². The maximum absolute atomic E-state index is 10.5. The highest BCUT2D eigenvalue weighted by Gasteiger charge is 2.25. The van der Waals surface area contributed by atoms with Crippen LogP contribution in [0.1, 0.15) is 20.8 Å². The van der Waals surface area contributed by atoms with Crippen LogP contribution >= 0.6 is 0 Å². The maximum Gasteiger partial charge on any atom is 0.146 e. The average Bonchev–Trinajstić information content (AvgIpc) is 2.75. The zero-order valence-corrected chi connectivity index (χ0v) is 18.1. The number of methoxy groups -OCH3 is 1. The summed E-state index contributed by atoms with van der Waals surface area (Å²) in [5.74, 6) is 0.760. The first kappa shape index (κ1) is 22.7. The highest BCUT2D eigenvalue weighted by molar-refractivity contribution is 5.97. The predicted octanol–water partition coefficient (Wildman–Crippen LogP) is 3.34. The number of halogens is 1. The van der Waals surface area contributed by atoms with Crippen molar-refractivity contribution in [1.29, 1.82) is 0 Å². The number of ether oxygens (including phenoxy) is 1. The van der Waals surface area contributed by atoms with Crippen molar-refractivity contribution in [1.82, 2.24) is 4.48 Å². The van der Waals surface area contributed by atoms with Crippen molar-refractivity contribution in [3.8, 4) is 11.5 Å². The molecule has 0 bridgehead atoms. The summed E-state index contributed by atoms with van der Waals surface area (Å²) >= 11 is 0. The predicted molar refractivity (Wildman–Crippen MR) is 116 cm³/mol. The van der Waals surface area contributed by atoms with Crippen LogP contribution in [0.25, 0.3) is 10.8 Å². The molecule has 3 aromatic carbocycles. The van der Waals surface area contributed by atoms with Gasteiger partial charge in [-0.15, -0.1) is 10.2 Å². The SMILES string of the molecule is CC[N+](CC)(CC)c1ccc2ccc(O)c(N=Nc3ccccc3OC)c2c1.[Cl-]. The zero-order chi connectivity index (χ0) is 20.1. The van der Waals surface area contributed by atoms with Gasteiger partial charge in [-0.1, -0.05) is 18.2 Å². The van der Waals surface area contributed by atoms with E-state index in [0.29, 0.717) is 17.1 Å². The molecular weight excluding hydrogens is 386 g/mol. The van der Waals surface area contributed by atoms with Crippen molar-refractivity contribution < 1.29 is 22.3 Å². The monoisotopic (exact) mass is 413 g/mol. The molecule has 5 nitrogen and oxygen atoms in total. The number of rotatable bonds is 7. The van der Waals surface area contributed by atoms with Crippen molar-refractivity contribution >= 4 is 27.8 Å². The topological polar surface area (TPSA) is 54.2 Å². The third-order valence-electron chi connectivity index (χ3n) is 5.66. The molecule has 0 saturated carbocycles. The Labute approximate surface area is 178 Å². The highest BCUT2D eigenvalue weighted by atomic mass is 35.5. The van der Waals surface area contributed by atoms with Crippen LogP contribution in [0.2, 0.25) is 0 Å². The number of hydrogen-bond acceptors (Lipinski definition) is 4. The van der Waals surface area contributed by atoms with E-state index in [1.807, 2.05) is 30.3 Å². The van der Waals surface area contributed by atoms with Crippen LogP contribution in [0.15, 0.2) is 64.8 Å². The van der Waals surface area contributed by atoms with Gasteiger partial charge < -0.3 is 22.3 Å². The lowest BCUT2D eigenvalue weighted by molar-refractivity contribution is -0.00000705. The van der Waals surface area contributed by atoms with Crippen molar-refractivity contribution in [2.75, 3.05) is 26.7 Å². The normalized spacial score (nSPS) is 11.6.